The molecule has 0 aromatic heterocycles. The quantitative estimate of drug-likeness (QED) is 0.758. The lowest BCUT2D eigenvalue weighted by Gasteiger charge is -2.16. The molecule has 1 aliphatic rings. The molecular weight excluding hydrogens is 284 g/mol. The summed E-state index contributed by atoms with van der Waals surface area (Å²) in [7, 11) is 0. The molecule has 0 bridgehead atoms. The summed E-state index contributed by atoms with van der Waals surface area (Å²) in [5.74, 6) is 0.442. The largest absolute Gasteiger partial charge is 0.303 e. The van der Waals surface area contributed by atoms with Crippen molar-refractivity contribution < 1.29 is 9.59 Å². The number of ketones is 1. The van der Waals surface area contributed by atoms with Gasteiger partial charge in [0.25, 0.3) is 0 Å². The number of carbonyl (C=O) groups excluding carboxylic acids is 2. The maximum atomic E-state index is 11.9. The minimum atomic E-state index is -0.132. The molecular formula is C21H22O2. The first-order chi connectivity index (χ1) is 11.2. The number of benzene rings is 2. The Bertz CT molecular complexity index is 703. The number of Topliss-reactive ketones (excluding diaryl/α,β-unsaturated/α-hetero) is 1. The van der Waals surface area contributed by atoms with Gasteiger partial charge in [0.15, 0.2) is 0 Å². The predicted octanol–water partition coefficient (Wildman–Crippen LogP) is 4.57. The number of aldehydes is 1. The molecule has 0 N–H and O–H groups in total. The first kappa shape index (κ1) is 15.7. The molecule has 2 aromatic rings. The highest BCUT2D eigenvalue weighted by Crippen LogP contribution is 2.32. The molecule has 0 amide bonds. The Morgan fingerprint density at radius 2 is 1.96 bits per heavy atom. The molecule has 2 unspecified atom stereocenters. The maximum Gasteiger partial charge on any atom is 0.136 e. The molecule has 1 fully saturated rings. The average molecular weight is 306 g/mol. The Labute approximate surface area is 137 Å². The molecule has 118 valence electrons. The van der Waals surface area contributed by atoms with Crippen LogP contribution in [0.1, 0.15) is 43.2 Å². The highest BCUT2D eigenvalue weighted by molar-refractivity contribution is 5.83. The van der Waals surface area contributed by atoms with Crippen LogP contribution in [-0.4, -0.2) is 12.1 Å². The third-order valence-corrected chi connectivity index (χ3v) is 4.81. The van der Waals surface area contributed by atoms with Gasteiger partial charge in [-0.3, -0.25) is 4.79 Å². The first-order valence-electron chi connectivity index (χ1n) is 8.35. The van der Waals surface area contributed by atoms with Gasteiger partial charge < -0.3 is 4.79 Å². The van der Waals surface area contributed by atoms with Gasteiger partial charge in [-0.15, -0.1) is 0 Å². The van der Waals surface area contributed by atoms with Crippen molar-refractivity contribution in [3.8, 4) is 11.1 Å². The van der Waals surface area contributed by atoms with Crippen LogP contribution >= 0.6 is 0 Å². The summed E-state index contributed by atoms with van der Waals surface area (Å²) in [5, 5.41) is 0. The molecule has 1 saturated carbocycles. The molecule has 23 heavy (non-hydrogen) atoms. The van der Waals surface area contributed by atoms with Crippen LogP contribution in [-0.2, 0) is 16.0 Å². The lowest BCUT2D eigenvalue weighted by Crippen LogP contribution is -2.10. The minimum Gasteiger partial charge on any atom is -0.303 e. The van der Waals surface area contributed by atoms with Gasteiger partial charge in [0.05, 0.1) is 0 Å². The Kier molecular flexibility index (Phi) is 4.71. The van der Waals surface area contributed by atoms with Crippen LogP contribution in [0.4, 0.5) is 0 Å². The van der Waals surface area contributed by atoms with Crippen LogP contribution in [0.3, 0.4) is 0 Å². The standard InChI is InChI=1S/C21H22O2/c1-15(14-22)19-11-10-16(12-18-8-5-9-21(18)23)13-20(19)17-6-3-2-4-7-17/h2-4,6-7,10-11,13-15,18H,5,8-9,12H2,1H3. The Morgan fingerprint density at radius 3 is 2.61 bits per heavy atom. The molecule has 2 nitrogen and oxygen atoms in total. The van der Waals surface area contributed by atoms with Crippen molar-refractivity contribution in [2.45, 2.75) is 38.5 Å². The van der Waals surface area contributed by atoms with E-state index in [1.165, 1.54) is 5.56 Å². The summed E-state index contributed by atoms with van der Waals surface area (Å²) >= 11 is 0. The molecule has 0 saturated heterocycles. The van der Waals surface area contributed by atoms with Crippen LogP contribution in [0.25, 0.3) is 11.1 Å². The first-order valence-corrected chi connectivity index (χ1v) is 8.35. The molecule has 2 atom stereocenters. The van der Waals surface area contributed by atoms with E-state index in [2.05, 4.69) is 30.3 Å². The van der Waals surface area contributed by atoms with E-state index in [1.54, 1.807) is 0 Å². The summed E-state index contributed by atoms with van der Waals surface area (Å²) in [5.41, 5.74) is 4.46. The van der Waals surface area contributed by atoms with Gasteiger partial charge in [-0.2, -0.15) is 0 Å². The molecule has 0 radical (unpaired) electrons. The maximum absolute atomic E-state index is 11.9. The second-order valence-corrected chi connectivity index (χ2v) is 6.47. The van der Waals surface area contributed by atoms with E-state index in [0.717, 1.165) is 48.7 Å². The summed E-state index contributed by atoms with van der Waals surface area (Å²) in [6, 6.07) is 16.4. The fraction of sp³-hybridized carbons (Fsp3) is 0.333. The highest BCUT2D eigenvalue weighted by Gasteiger charge is 2.24. The van der Waals surface area contributed by atoms with Gasteiger partial charge in [0.1, 0.15) is 12.1 Å². The predicted molar refractivity (Wildman–Crippen MR) is 92.4 cm³/mol. The number of carbonyl (C=O) groups is 2. The van der Waals surface area contributed by atoms with E-state index in [0.29, 0.717) is 5.78 Å². The summed E-state index contributed by atoms with van der Waals surface area (Å²) < 4.78 is 0. The normalized spacial score (nSPS) is 18.8. The minimum absolute atomic E-state index is 0.132. The molecule has 0 aliphatic heterocycles. The smallest absolute Gasteiger partial charge is 0.136 e. The van der Waals surface area contributed by atoms with Crippen molar-refractivity contribution in [3.05, 3.63) is 59.7 Å². The van der Waals surface area contributed by atoms with Crippen LogP contribution in [0.2, 0.25) is 0 Å². The van der Waals surface area contributed by atoms with Crippen molar-refractivity contribution in [2.75, 3.05) is 0 Å². The second-order valence-electron chi connectivity index (χ2n) is 6.47. The van der Waals surface area contributed by atoms with Crippen LogP contribution in [0, 0.1) is 5.92 Å². The van der Waals surface area contributed by atoms with E-state index < -0.39 is 0 Å². The molecule has 3 rings (SSSR count). The SMILES string of the molecule is CC(C=O)c1ccc(CC2CCCC2=O)cc1-c1ccccc1. The zero-order chi connectivity index (χ0) is 16.2. The lowest BCUT2D eigenvalue weighted by molar-refractivity contribution is -0.120. The number of rotatable bonds is 5. The molecule has 2 heteroatoms. The van der Waals surface area contributed by atoms with Crippen molar-refractivity contribution in [1.29, 1.82) is 0 Å². The van der Waals surface area contributed by atoms with E-state index in [-0.39, 0.29) is 11.8 Å². The third-order valence-electron chi connectivity index (χ3n) is 4.81. The van der Waals surface area contributed by atoms with Crippen molar-refractivity contribution in [1.82, 2.24) is 0 Å². The zero-order valence-corrected chi connectivity index (χ0v) is 13.5. The second kappa shape index (κ2) is 6.91. The van der Waals surface area contributed by atoms with Crippen LogP contribution in [0.5, 0.6) is 0 Å². The van der Waals surface area contributed by atoms with Crippen molar-refractivity contribution in [3.63, 3.8) is 0 Å². The van der Waals surface area contributed by atoms with Crippen molar-refractivity contribution in [2.24, 2.45) is 5.92 Å². The monoisotopic (exact) mass is 306 g/mol. The Balaban J connectivity index is 1.97. The Hall–Kier alpha value is -2.22. The molecule has 0 spiro atoms. The van der Waals surface area contributed by atoms with Crippen LogP contribution in [0.15, 0.2) is 48.5 Å². The van der Waals surface area contributed by atoms with Gasteiger partial charge in [-0.25, -0.2) is 0 Å². The summed E-state index contributed by atoms with van der Waals surface area (Å²) in [6.45, 7) is 1.93. The number of hydrogen-bond acceptors (Lipinski definition) is 2. The van der Waals surface area contributed by atoms with Gasteiger partial charge in [-0.1, -0.05) is 55.5 Å². The molecule has 1 aliphatic carbocycles. The third kappa shape index (κ3) is 3.42. The van der Waals surface area contributed by atoms with Gasteiger partial charge in [0.2, 0.25) is 0 Å². The topological polar surface area (TPSA) is 34.1 Å². The van der Waals surface area contributed by atoms with E-state index in [9.17, 15) is 9.59 Å². The van der Waals surface area contributed by atoms with Crippen molar-refractivity contribution >= 4 is 12.1 Å². The van der Waals surface area contributed by atoms with Gasteiger partial charge in [0, 0.05) is 18.3 Å². The van der Waals surface area contributed by atoms with E-state index in [1.807, 2.05) is 25.1 Å². The average Bonchev–Trinajstić information content (AvgIpc) is 3.00. The van der Waals surface area contributed by atoms with E-state index >= 15 is 0 Å². The zero-order valence-electron chi connectivity index (χ0n) is 13.5. The summed E-state index contributed by atoms with van der Waals surface area (Å²) in [6.07, 6.45) is 4.56. The summed E-state index contributed by atoms with van der Waals surface area (Å²) in [4.78, 5) is 23.2. The lowest BCUT2D eigenvalue weighted by atomic mass is 9.88. The van der Waals surface area contributed by atoms with Crippen LogP contribution < -0.4 is 0 Å². The molecule has 2 aromatic carbocycles. The number of hydrogen-bond donors (Lipinski definition) is 0. The Morgan fingerprint density at radius 1 is 1.17 bits per heavy atom. The van der Waals surface area contributed by atoms with E-state index in [4.69, 9.17) is 0 Å². The fourth-order valence-corrected chi connectivity index (χ4v) is 3.46. The van der Waals surface area contributed by atoms with Gasteiger partial charge >= 0.3 is 0 Å². The molecule has 0 heterocycles. The highest BCUT2D eigenvalue weighted by atomic mass is 16.1. The fourth-order valence-electron chi connectivity index (χ4n) is 3.46. The van der Waals surface area contributed by atoms with Gasteiger partial charge in [-0.05, 0) is 41.5 Å².